The summed E-state index contributed by atoms with van der Waals surface area (Å²) in [5, 5.41) is 0. The summed E-state index contributed by atoms with van der Waals surface area (Å²) in [5.41, 5.74) is 5.81. The summed E-state index contributed by atoms with van der Waals surface area (Å²) in [4.78, 5) is 16.1. The Labute approximate surface area is 114 Å². The largest absolute Gasteiger partial charge is 0.396 e. The number of nitrogen functional groups attached to an aromatic ring is 1. The van der Waals surface area contributed by atoms with Gasteiger partial charge in [0.15, 0.2) is 0 Å². The molecule has 0 heterocycles. The summed E-state index contributed by atoms with van der Waals surface area (Å²) in [6, 6.07) is 4.25. The number of hydrogen-bond acceptors (Lipinski definition) is 3. The zero-order valence-corrected chi connectivity index (χ0v) is 12.0. The zero-order chi connectivity index (χ0) is 14.6. The number of hydrogen-bond donors (Lipinski definition) is 1. The third kappa shape index (κ3) is 3.92. The van der Waals surface area contributed by atoms with Crippen molar-refractivity contribution in [1.29, 1.82) is 0 Å². The molecule has 0 aromatic heterocycles. The quantitative estimate of drug-likeness (QED) is 0.828. The lowest BCUT2D eigenvalue weighted by Crippen LogP contribution is -2.43. The van der Waals surface area contributed by atoms with E-state index in [1.54, 1.807) is 11.0 Å². The van der Waals surface area contributed by atoms with Crippen LogP contribution in [0.2, 0.25) is 0 Å². The minimum Gasteiger partial charge on any atom is -0.396 e. The van der Waals surface area contributed by atoms with Gasteiger partial charge in [-0.05, 0) is 46.1 Å². The number of amides is 1. The second kappa shape index (κ2) is 6.52. The summed E-state index contributed by atoms with van der Waals surface area (Å²) < 4.78 is 13.4. The summed E-state index contributed by atoms with van der Waals surface area (Å²) in [6.45, 7) is 5.24. The number of likely N-dealkylation sites (N-methyl/N-ethyl adjacent to an activating group) is 2. The van der Waals surface area contributed by atoms with Gasteiger partial charge in [-0.25, -0.2) is 4.39 Å². The van der Waals surface area contributed by atoms with Crippen LogP contribution in [-0.2, 0) is 0 Å². The number of benzene rings is 1. The molecule has 4 nitrogen and oxygen atoms in total. The molecule has 19 heavy (non-hydrogen) atoms. The minimum absolute atomic E-state index is 0.0564. The first kappa shape index (κ1) is 15.4. The lowest BCUT2D eigenvalue weighted by Gasteiger charge is -2.30. The van der Waals surface area contributed by atoms with Crippen molar-refractivity contribution < 1.29 is 9.18 Å². The number of halogens is 1. The monoisotopic (exact) mass is 267 g/mol. The molecule has 1 amide bonds. The van der Waals surface area contributed by atoms with Gasteiger partial charge in [-0.3, -0.25) is 4.79 Å². The maximum Gasteiger partial charge on any atom is 0.254 e. The van der Waals surface area contributed by atoms with Crippen molar-refractivity contribution in [2.45, 2.75) is 19.9 Å². The maximum atomic E-state index is 13.4. The highest BCUT2D eigenvalue weighted by Gasteiger charge is 2.21. The Bertz CT molecular complexity index is 448. The topological polar surface area (TPSA) is 49.6 Å². The van der Waals surface area contributed by atoms with Gasteiger partial charge in [0.1, 0.15) is 5.82 Å². The van der Waals surface area contributed by atoms with E-state index in [0.717, 1.165) is 6.54 Å². The van der Waals surface area contributed by atoms with Gasteiger partial charge >= 0.3 is 0 Å². The van der Waals surface area contributed by atoms with E-state index in [4.69, 9.17) is 5.73 Å². The number of carbonyl (C=O) groups excluding carboxylic acids is 1. The molecule has 1 unspecified atom stereocenters. The van der Waals surface area contributed by atoms with Gasteiger partial charge in [-0.2, -0.15) is 0 Å². The second-order valence-electron chi connectivity index (χ2n) is 4.94. The minimum atomic E-state index is -0.554. The van der Waals surface area contributed by atoms with E-state index in [0.29, 0.717) is 12.1 Å². The molecule has 106 valence electrons. The van der Waals surface area contributed by atoms with Crippen LogP contribution in [0.3, 0.4) is 0 Å². The molecule has 1 rings (SSSR count). The second-order valence-corrected chi connectivity index (χ2v) is 4.94. The number of anilines is 1. The highest BCUT2D eigenvalue weighted by molar-refractivity contribution is 5.94. The third-order valence-corrected chi connectivity index (χ3v) is 3.01. The molecule has 0 fully saturated rings. The van der Waals surface area contributed by atoms with Crippen LogP contribution in [0.5, 0.6) is 0 Å². The van der Waals surface area contributed by atoms with Crippen molar-refractivity contribution >= 4 is 11.6 Å². The van der Waals surface area contributed by atoms with Crippen LogP contribution in [0, 0.1) is 5.82 Å². The molecule has 0 bridgehead atoms. The molecule has 5 heteroatoms. The molecule has 0 saturated carbocycles. The van der Waals surface area contributed by atoms with Crippen molar-refractivity contribution in [3.05, 3.63) is 29.6 Å². The van der Waals surface area contributed by atoms with Gasteiger partial charge in [0.2, 0.25) is 0 Å². The van der Waals surface area contributed by atoms with Crippen molar-refractivity contribution in [3.8, 4) is 0 Å². The smallest absolute Gasteiger partial charge is 0.254 e. The summed E-state index contributed by atoms with van der Waals surface area (Å²) >= 11 is 0. The Morgan fingerprint density at radius 1 is 1.42 bits per heavy atom. The molecular weight excluding hydrogens is 245 g/mol. The van der Waals surface area contributed by atoms with Crippen molar-refractivity contribution in [1.82, 2.24) is 9.80 Å². The van der Waals surface area contributed by atoms with Crippen molar-refractivity contribution in [2.75, 3.05) is 32.9 Å². The van der Waals surface area contributed by atoms with E-state index in [2.05, 4.69) is 0 Å². The van der Waals surface area contributed by atoms with Crippen LogP contribution in [0.1, 0.15) is 24.2 Å². The van der Waals surface area contributed by atoms with Gasteiger partial charge < -0.3 is 15.5 Å². The standard InChI is InChI=1S/C14H22FN3O/c1-5-18(10(2)9-17(3)4)14(19)11-6-7-13(16)12(15)8-11/h6-8,10H,5,9,16H2,1-4H3. The molecule has 1 aromatic carbocycles. The number of rotatable bonds is 5. The fraction of sp³-hybridized carbons (Fsp3) is 0.500. The summed E-state index contributed by atoms with van der Waals surface area (Å²) in [6.07, 6.45) is 0. The Morgan fingerprint density at radius 3 is 2.53 bits per heavy atom. The molecule has 1 aromatic rings. The normalized spacial score (nSPS) is 12.5. The lowest BCUT2D eigenvalue weighted by atomic mass is 10.1. The first-order valence-corrected chi connectivity index (χ1v) is 6.37. The Hall–Kier alpha value is -1.62. The molecule has 0 spiro atoms. The van der Waals surface area contributed by atoms with Gasteiger partial charge in [-0.1, -0.05) is 0 Å². The molecule has 1 atom stereocenters. The predicted molar refractivity (Wildman–Crippen MR) is 75.5 cm³/mol. The van der Waals surface area contributed by atoms with Gasteiger partial charge in [-0.15, -0.1) is 0 Å². The number of carbonyl (C=O) groups is 1. The van der Waals surface area contributed by atoms with Gasteiger partial charge in [0, 0.05) is 24.7 Å². The van der Waals surface area contributed by atoms with Gasteiger partial charge in [0.25, 0.3) is 5.91 Å². The van der Waals surface area contributed by atoms with Crippen LogP contribution in [-0.4, -0.2) is 48.9 Å². The molecule has 0 saturated heterocycles. The van der Waals surface area contributed by atoms with Crippen molar-refractivity contribution in [3.63, 3.8) is 0 Å². The fourth-order valence-electron chi connectivity index (χ4n) is 2.11. The van der Waals surface area contributed by atoms with Crippen LogP contribution < -0.4 is 5.73 Å². The molecule has 2 N–H and O–H groups in total. The average Bonchev–Trinajstić information content (AvgIpc) is 2.32. The highest BCUT2D eigenvalue weighted by Crippen LogP contribution is 2.15. The maximum absolute atomic E-state index is 13.4. The van der Waals surface area contributed by atoms with Crippen molar-refractivity contribution in [2.24, 2.45) is 0 Å². The van der Waals surface area contributed by atoms with E-state index in [1.165, 1.54) is 12.1 Å². The van der Waals surface area contributed by atoms with Crippen LogP contribution in [0.4, 0.5) is 10.1 Å². The Kier molecular flexibility index (Phi) is 5.30. The van der Waals surface area contributed by atoms with E-state index >= 15 is 0 Å². The average molecular weight is 267 g/mol. The number of nitrogens with zero attached hydrogens (tertiary/aromatic N) is 2. The van der Waals surface area contributed by atoms with E-state index in [9.17, 15) is 9.18 Å². The SMILES string of the molecule is CCN(C(=O)c1ccc(N)c(F)c1)C(C)CN(C)C. The van der Waals surface area contributed by atoms with E-state index in [1.807, 2.05) is 32.8 Å². The Balaban J connectivity index is 2.91. The fourth-order valence-corrected chi connectivity index (χ4v) is 2.11. The molecule has 0 aliphatic heterocycles. The lowest BCUT2D eigenvalue weighted by molar-refractivity contribution is 0.0678. The molecule has 0 radical (unpaired) electrons. The van der Waals surface area contributed by atoms with Gasteiger partial charge in [0.05, 0.1) is 5.69 Å². The highest BCUT2D eigenvalue weighted by atomic mass is 19.1. The predicted octanol–water partition coefficient (Wildman–Crippen LogP) is 1.82. The molecule has 0 aliphatic carbocycles. The van der Waals surface area contributed by atoms with E-state index in [-0.39, 0.29) is 17.6 Å². The number of nitrogens with two attached hydrogens (primary N) is 1. The zero-order valence-electron chi connectivity index (χ0n) is 12.0. The van der Waals surface area contributed by atoms with Crippen LogP contribution >= 0.6 is 0 Å². The third-order valence-electron chi connectivity index (χ3n) is 3.01. The summed E-state index contributed by atoms with van der Waals surface area (Å²) in [5.74, 6) is -0.724. The molecule has 0 aliphatic rings. The van der Waals surface area contributed by atoms with Crippen LogP contribution in [0.25, 0.3) is 0 Å². The molecular formula is C14H22FN3O. The van der Waals surface area contributed by atoms with Crippen LogP contribution in [0.15, 0.2) is 18.2 Å². The Morgan fingerprint density at radius 2 is 2.05 bits per heavy atom. The van der Waals surface area contributed by atoms with E-state index < -0.39 is 5.82 Å². The first-order chi connectivity index (χ1) is 8.86. The first-order valence-electron chi connectivity index (χ1n) is 6.37. The summed E-state index contributed by atoms with van der Waals surface area (Å²) in [7, 11) is 3.91.